The first-order valence-electron chi connectivity index (χ1n) is 5.47. The van der Waals surface area contributed by atoms with Gasteiger partial charge in [0.15, 0.2) is 0 Å². The molecule has 0 saturated carbocycles. The Bertz CT molecular complexity index is 490. The monoisotopic (exact) mass is 273 g/mol. The van der Waals surface area contributed by atoms with Gasteiger partial charge < -0.3 is 10.2 Å². The summed E-state index contributed by atoms with van der Waals surface area (Å²) in [5.41, 5.74) is 2.76. The van der Waals surface area contributed by atoms with Crippen LogP contribution in [-0.4, -0.2) is 39.5 Å². The van der Waals surface area contributed by atoms with E-state index in [9.17, 15) is 8.42 Å². The van der Waals surface area contributed by atoms with Gasteiger partial charge in [0, 0.05) is 20.2 Å². The number of benzene rings is 1. The van der Waals surface area contributed by atoms with Crippen molar-refractivity contribution in [3.63, 3.8) is 0 Å². The second-order valence-corrected chi connectivity index (χ2v) is 5.93. The molecule has 0 bridgehead atoms. The maximum atomic E-state index is 12.4. The average Bonchev–Trinajstić information content (AvgIpc) is 2.38. The first-order valence-corrected chi connectivity index (χ1v) is 6.91. The first-order chi connectivity index (χ1) is 8.45. The number of rotatable bonds is 6. The number of hydrogen-bond donors (Lipinski definition) is 2. The standard InChI is InChI=1S/C11H19N3O3S/c1-9(8-17-3)14(2)18(15,16)11-7-5-4-6-10(11)13-12/h4-7,9,13H,8,12H2,1-3H3. The molecular formula is C11H19N3O3S. The normalized spacial score (nSPS) is 13.6. The van der Waals surface area contributed by atoms with E-state index < -0.39 is 10.0 Å². The van der Waals surface area contributed by atoms with E-state index in [2.05, 4.69) is 5.43 Å². The Morgan fingerprint density at radius 3 is 2.61 bits per heavy atom. The summed E-state index contributed by atoms with van der Waals surface area (Å²) in [5, 5.41) is 0. The van der Waals surface area contributed by atoms with Gasteiger partial charge in [0.05, 0.1) is 12.3 Å². The molecule has 3 N–H and O–H groups in total. The van der Waals surface area contributed by atoms with Crippen LogP contribution in [-0.2, 0) is 14.8 Å². The summed E-state index contributed by atoms with van der Waals surface area (Å²) in [4.78, 5) is 0.151. The van der Waals surface area contributed by atoms with E-state index in [4.69, 9.17) is 10.6 Å². The van der Waals surface area contributed by atoms with Gasteiger partial charge in [-0.2, -0.15) is 4.31 Å². The second kappa shape index (κ2) is 6.14. The van der Waals surface area contributed by atoms with Gasteiger partial charge in [-0.05, 0) is 19.1 Å². The zero-order valence-corrected chi connectivity index (χ0v) is 11.6. The van der Waals surface area contributed by atoms with Crippen molar-refractivity contribution in [3.05, 3.63) is 24.3 Å². The molecule has 1 aromatic carbocycles. The molecule has 1 aromatic rings. The summed E-state index contributed by atoms with van der Waals surface area (Å²) in [7, 11) is -0.538. The van der Waals surface area contributed by atoms with Gasteiger partial charge in [0.1, 0.15) is 4.90 Å². The van der Waals surface area contributed by atoms with Crippen LogP contribution in [0.1, 0.15) is 6.92 Å². The molecule has 18 heavy (non-hydrogen) atoms. The summed E-state index contributed by atoms with van der Waals surface area (Å²) in [6.45, 7) is 2.10. The van der Waals surface area contributed by atoms with E-state index in [1.165, 1.54) is 24.5 Å². The average molecular weight is 273 g/mol. The second-order valence-electron chi connectivity index (χ2n) is 3.97. The fourth-order valence-corrected chi connectivity index (χ4v) is 3.05. The summed E-state index contributed by atoms with van der Waals surface area (Å²) in [6, 6.07) is 6.24. The van der Waals surface area contributed by atoms with Gasteiger partial charge in [-0.3, -0.25) is 5.84 Å². The minimum Gasteiger partial charge on any atom is -0.383 e. The van der Waals surface area contributed by atoms with Crippen LogP contribution in [0.25, 0.3) is 0 Å². The molecule has 0 radical (unpaired) electrons. The molecule has 0 heterocycles. The van der Waals surface area contributed by atoms with Crippen molar-refractivity contribution < 1.29 is 13.2 Å². The highest BCUT2D eigenvalue weighted by molar-refractivity contribution is 7.89. The van der Waals surface area contributed by atoms with Gasteiger partial charge in [-0.1, -0.05) is 12.1 Å². The highest BCUT2D eigenvalue weighted by atomic mass is 32.2. The third-order valence-electron chi connectivity index (χ3n) is 2.73. The molecule has 0 aromatic heterocycles. The summed E-state index contributed by atoms with van der Waals surface area (Å²) >= 11 is 0. The lowest BCUT2D eigenvalue weighted by Crippen LogP contribution is -2.38. The quantitative estimate of drug-likeness (QED) is 0.586. The van der Waals surface area contributed by atoms with E-state index in [0.717, 1.165) is 0 Å². The van der Waals surface area contributed by atoms with E-state index in [-0.39, 0.29) is 10.9 Å². The molecule has 0 spiro atoms. The Morgan fingerprint density at radius 1 is 1.44 bits per heavy atom. The van der Waals surface area contributed by atoms with Crippen LogP contribution < -0.4 is 11.3 Å². The van der Waals surface area contributed by atoms with Crippen LogP contribution in [0, 0.1) is 0 Å². The van der Waals surface area contributed by atoms with Crippen molar-refractivity contribution in [2.24, 2.45) is 5.84 Å². The zero-order chi connectivity index (χ0) is 13.8. The van der Waals surface area contributed by atoms with Gasteiger partial charge >= 0.3 is 0 Å². The zero-order valence-electron chi connectivity index (χ0n) is 10.8. The third-order valence-corrected chi connectivity index (χ3v) is 4.76. The highest BCUT2D eigenvalue weighted by Crippen LogP contribution is 2.24. The number of methoxy groups -OCH3 is 1. The SMILES string of the molecule is COCC(C)N(C)S(=O)(=O)c1ccccc1NN. The van der Waals surface area contributed by atoms with Crippen molar-refractivity contribution in [2.75, 3.05) is 26.2 Å². The maximum absolute atomic E-state index is 12.4. The van der Waals surface area contributed by atoms with Crippen molar-refractivity contribution in [1.29, 1.82) is 0 Å². The molecule has 0 aliphatic rings. The Balaban J connectivity index is 3.13. The van der Waals surface area contributed by atoms with E-state index in [1.54, 1.807) is 25.1 Å². The first kappa shape index (κ1) is 14.9. The van der Waals surface area contributed by atoms with Crippen LogP contribution in [0.3, 0.4) is 0 Å². The fourth-order valence-electron chi connectivity index (χ4n) is 1.55. The van der Waals surface area contributed by atoms with Crippen LogP contribution >= 0.6 is 0 Å². The Labute approximate surface area is 108 Å². The van der Waals surface area contributed by atoms with E-state index in [1.807, 2.05) is 0 Å². The number of nitrogens with two attached hydrogens (primary N) is 1. The Hall–Kier alpha value is -1.15. The Kier molecular flexibility index (Phi) is 5.09. The summed E-state index contributed by atoms with van der Waals surface area (Å²) in [6.07, 6.45) is 0. The lowest BCUT2D eigenvalue weighted by Gasteiger charge is -2.24. The lowest BCUT2D eigenvalue weighted by molar-refractivity contribution is 0.149. The topological polar surface area (TPSA) is 84.7 Å². The van der Waals surface area contributed by atoms with Crippen molar-refractivity contribution in [1.82, 2.24) is 4.31 Å². The van der Waals surface area contributed by atoms with Crippen LogP contribution in [0.5, 0.6) is 0 Å². The number of ether oxygens (including phenoxy) is 1. The smallest absolute Gasteiger partial charge is 0.245 e. The number of likely N-dealkylation sites (N-methyl/N-ethyl adjacent to an activating group) is 1. The highest BCUT2D eigenvalue weighted by Gasteiger charge is 2.27. The summed E-state index contributed by atoms with van der Waals surface area (Å²) < 4.78 is 31.0. The number of hydrazine groups is 1. The predicted molar refractivity (Wildman–Crippen MR) is 70.5 cm³/mol. The minimum absolute atomic E-state index is 0.151. The molecule has 0 saturated heterocycles. The van der Waals surface area contributed by atoms with E-state index >= 15 is 0 Å². The van der Waals surface area contributed by atoms with E-state index in [0.29, 0.717) is 12.3 Å². The van der Waals surface area contributed by atoms with Crippen molar-refractivity contribution in [3.8, 4) is 0 Å². The van der Waals surface area contributed by atoms with Crippen molar-refractivity contribution in [2.45, 2.75) is 17.9 Å². The molecule has 0 amide bonds. The number of para-hydroxylation sites is 1. The largest absolute Gasteiger partial charge is 0.383 e. The molecule has 0 aliphatic heterocycles. The molecule has 1 rings (SSSR count). The van der Waals surface area contributed by atoms with Crippen LogP contribution in [0.2, 0.25) is 0 Å². The molecule has 7 heteroatoms. The van der Waals surface area contributed by atoms with Crippen LogP contribution in [0.15, 0.2) is 29.2 Å². The number of nitrogens with zero attached hydrogens (tertiary/aromatic N) is 1. The molecule has 1 atom stereocenters. The van der Waals surface area contributed by atoms with Gasteiger partial charge in [-0.25, -0.2) is 8.42 Å². The number of anilines is 1. The molecule has 0 aliphatic carbocycles. The molecule has 1 unspecified atom stereocenters. The minimum atomic E-state index is -3.59. The number of nitrogens with one attached hydrogen (secondary N) is 1. The lowest BCUT2D eigenvalue weighted by atomic mass is 10.3. The molecular weight excluding hydrogens is 254 g/mol. The fraction of sp³-hybridized carbons (Fsp3) is 0.455. The van der Waals surface area contributed by atoms with Gasteiger partial charge in [0.2, 0.25) is 10.0 Å². The number of sulfonamides is 1. The third kappa shape index (κ3) is 2.99. The van der Waals surface area contributed by atoms with Crippen molar-refractivity contribution >= 4 is 15.7 Å². The molecule has 6 nitrogen and oxygen atoms in total. The van der Waals surface area contributed by atoms with Crippen LogP contribution in [0.4, 0.5) is 5.69 Å². The Morgan fingerprint density at radius 2 is 2.06 bits per heavy atom. The molecule has 0 fully saturated rings. The number of hydrogen-bond acceptors (Lipinski definition) is 5. The van der Waals surface area contributed by atoms with Gasteiger partial charge in [0.25, 0.3) is 0 Å². The number of nitrogen functional groups attached to an aromatic ring is 1. The van der Waals surface area contributed by atoms with Gasteiger partial charge in [-0.15, -0.1) is 0 Å². The summed E-state index contributed by atoms with van der Waals surface area (Å²) in [5.74, 6) is 5.32. The predicted octanol–water partition coefficient (Wildman–Crippen LogP) is 0.628. The maximum Gasteiger partial charge on any atom is 0.245 e. The molecule has 102 valence electrons.